The zero-order valence-electron chi connectivity index (χ0n) is 7.80. The van der Waals surface area contributed by atoms with Crippen LogP contribution >= 0.6 is 15.9 Å². The van der Waals surface area contributed by atoms with E-state index < -0.39 is 5.97 Å². The summed E-state index contributed by atoms with van der Waals surface area (Å²) in [5.41, 5.74) is 0.700. The van der Waals surface area contributed by atoms with Gasteiger partial charge in [-0.05, 0) is 34.5 Å². The zero-order valence-corrected chi connectivity index (χ0v) is 9.38. The minimum atomic E-state index is -0.568. The Kier molecular flexibility index (Phi) is 3.46. The van der Waals surface area contributed by atoms with Crippen LogP contribution in [0.3, 0.4) is 0 Å². The number of carbonyl (C=O) groups excluding carboxylic acids is 2. The zero-order chi connectivity index (χ0) is 10.7. The summed E-state index contributed by atoms with van der Waals surface area (Å²) < 4.78 is 9.93. The van der Waals surface area contributed by atoms with Crippen molar-refractivity contribution < 1.29 is 18.7 Å². The number of aryl methyl sites for hydroxylation is 1. The molecule has 76 valence electrons. The maximum Gasteiger partial charge on any atom is 0.313 e. The molecule has 0 saturated heterocycles. The number of methoxy groups -OCH3 is 1. The highest BCUT2D eigenvalue weighted by Crippen LogP contribution is 2.20. The van der Waals surface area contributed by atoms with E-state index in [1.807, 2.05) is 0 Å². The highest BCUT2D eigenvalue weighted by molar-refractivity contribution is 9.10. The number of ketones is 1. The molecule has 14 heavy (non-hydrogen) atoms. The van der Waals surface area contributed by atoms with Crippen molar-refractivity contribution in [3.05, 3.63) is 22.1 Å². The number of furan rings is 1. The van der Waals surface area contributed by atoms with E-state index >= 15 is 0 Å². The van der Waals surface area contributed by atoms with Crippen LogP contribution in [-0.4, -0.2) is 18.9 Å². The van der Waals surface area contributed by atoms with E-state index in [9.17, 15) is 9.59 Å². The summed E-state index contributed by atoms with van der Waals surface area (Å²) in [5.74, 6) is -0.746. The SMILES string of the molecule is COC(=O)CC(=O)c1oc(Br)cc1C. The molecule has 0 aliphatic heterocycles. The Bertz CT molecular complexity index is 367. The second-order valence-corrected chi connectivity index (χ2v) is 3.52. The highest BCUT2D eigenvalue weighted by Gasteiger charge is 2.18. The largest absolute Gasteiger partial charge is 0.469 e. The van der Waals surface area contributed by atoms with Gasteiger partial charge in [0.25, 0.3) is 0 Å². The molecule has 1 aromatic heterocycles. The second kappa shape index (κ2) is 4.41. The number of hydrogen-bond acceptors (Lipinski definition) is 4. The summed E-state index contributed by atoms with van der Waals surface area (Å²) >= 11 is 3.10. The van der Waals surface area contributed by atoms with Gasteiger partial charge in [0.2, 0.25) is 5.78 Å². The highest BCUT2D eigenvalue weighted by atomic mass is 79.9. The number of halogens is 1. The molecule has 0 aliphatic rings. The summed E-state index contributed by atoms with van der Waals surface area (Å²) in [4.78, 5) is 22.2. The van der Waals surface area contributed by atoms with Crippen molar-refractivity contribution in [3.63, 3.8) is 0 Å². The summed E-state index contributed by atoms with van der Waals surface area (Å²) in [6.45, 7) is 1.73. The first-order valence-electron chi connectivity index (χ1n) is 3.90. The Hall–Kier alpha value is -1.10. The molecule has 0 radical (unpaired) electrons. The fraction of sp³-hybridized carbons (Fsp3) is 0.333. The van der Waals surface area contributed by atoms with Crippen molar-refractivity contribution in [3.8, 4) is 0 Å². The quantitative estimate of drug-likeness (QED) is 0.475. The minimum Gasteiger partial charge on any atom is -0.469 e. The van der Waals surface area contributed by atoms with E-state index in [-0.39, 0.29) is 18.0 Å². The van der Waals surface area contributed by atoms with Crippen LogP contribution in [0.2, 0.25) is 0 Å². The van der Waals surface area contributed by atoms with E-state index in [4.69, 9.17) is 4.42 Å². The molecule has 0 aliphatic carbocycles. The normalized spacial score (nSPS) is 9.93. The Morgan fingerprint density at radius 1 is 1.57 bits per heavy atom. The lowest BCUT2D eigenvalue weighted by Gasteiger charge is -1.97. The lowest BCUT2D eigenvalue weighted by Crippen LogP contribution is -2.09. The minimum absolute atomic E-state index is 0.197. The van der Waals surface area contributed by atoms with Crippen LogP contribution in [-0.2, 0) is 9.53 Å². The van der Waals surface area contributed by atoms with Crippen molar-refractivity contribution in [2.45, 2.75) is 13.3 Å². The van der Waals surface area contributed by atoms with Gasteiger partial charge in [0.1, 0.15) is 6.42 Å². The van der Waals surface area contributed by atoms with E-state index in [0.29, 0.717) is 10.2 Å². The van der Waals surface area contributed by atoms with Crippen LogP contribution in [0, 0.1) is 6.92 Å². The molecule has 1 heterocycles. The van der Waals surface area contributed by atoms with Gasteiger partial charge < -0.3 is 9.15 Å². The summed E-state index contributed by atoms with van der Waals surface area (Å²) in [6.07, 6.45) is -0.294. The Labute approximate surface area is 89.4 Å². The maximum atomic E-state index is 11.4. The van der Waals surface area contributed by atoms with E-state index in [2.05, 4.69) is 20.7 Å². The molecule has 5 heteroatoms. The first kappa shape index (κ1) is 11.0. The lowest BCUT2D eigenvalue weighted by atomic mass is 10.1. The molecule has 0 aromatic carbocycles. The van der Waals surface area contributed by atoms with Crippen LogP contribution < -0.4 is 0 Å². The van der Waals surface area contributed by atoms with Gasteiger partial charge in [-0.2, -0.15) is 0 Å². The molecule has 0 amide bonds. The van der Waals surface area contributed by atoms with Gasteiger partial charge in [0.15, 0.2) is 10.4 Å². The fourth-order valence-corrected chi connectivity index (χ4v) is 1.51. The number of ether oxygens (including phenoxy) is 1. The molecule has 0 fully saturated rings. The van der Waals surface area contributed by atoms with Crippen molar-refractivity contribution >= 4 is 27.7 Å². The van der Waals surface area contributed by atoms with Gasteiger partial charge in [-0.3, -0.25) is 9.59 Å². The van der Waals surface area contributed by atoms with Gasteiger partial charge in [-0.15, -0.1) is 0 Å². The fourth-order valence-electron chi connectivity index (χ4n) is 1.00. The number of esters is 1. The monoisotopic (exact) mass is 260 g/mol. The van der Waals surface area contributed by atoms with Crippen LogP contribution in [0.5, 0.6) is 0 Å². The molecule has 4 nitrogen and oxygen atoms in total. The Morgan fingerprint density at radius 3 is 2.64 bits per heavy atom. The average Bonchev–Trinajstić information content (AvgIpc) is 2.45. The standard InChI is InChI=1S/C9H9BrO4/c1-5-3-7(10)14-9(5)6(11)4-8(12)13-2/h3H,4H2,1-2H3. The molecule has 0 spiro atoms. The molecule has 1 aromatic rings. The third-order valence-electron chi connectivity index (χ3n) is 1.67. The van der Waals surface area contributed by atoms with Crippen LogP contribution in [0.1, 0.15) is 22.5 Å². The van der Waals surface area contributed by atoms with Gasteiger partial charge in [0.05, 0.1) is 7.11 Å². The molecule has 0 N–H and O–H groups in total. The van der Waals surface area contributed by atoms with Crippen molar-refractivity contribution in [2.24, 2.45) is 0 Å². The van der Waals surface area contributed by atoms with E-state index in [1.165, 1.54) is 7.11 Å². The van der Waals surface area contributed by atoms with Gasteiger partial charge in [0, 0.05) is 0 Å². The predicted octanol–water partition coefficient (Wildman–Crippen LogP) is 2.10. The van der Waals surface area contributed by atoms with Gasteiger partial charge in [-0.1, -0.05) is 0 Å². The molecular formula is C9H9BrO4. The molecule has 0 atom stereocenters. The van der Waals surface area contributed by atoms with Gasteiger partial charge >= 0.3 is 5.97 Å². The molecular weight excluding hydrogens is 252 g/mol. The van der Waals surface area contributed by atoms with Crippen LogP contribution in [0.15, 0.2) is 15.2 Å². The molecule has 0 bridgehead atoms. The number of rotatable bonds is 3. The molecule has 0 saturated carbocycles. The molecule has 0 unspecified atom stereocenters. The average molecular weight is 261 g/mol. The molecule has 1 rings (SSSR count). The number of Topliss-reactive ketones (excluding diaryl/α,β-unsaturated/α-hetero) is 1. The van der Waals surface area contributed by atoms with Crippen molar-refractivity contribution in [1.82, 2.24) is 0 Å². The summed E-state index contributed by atoms with van der Waals surface area (Å²) in [5, 5.41) is 0. The number of hydrogen-bond donors (Lipinski definition) is 0. The Balaban J connectivity index is 2.79. The van der Waals surface area contributed by atoms with Crippen molar-refractivity contribution in [1.29, 1.82) is 0 Å². The van der Waals surface area contributed by atoms with Crippen LogP contribution in [0.4, 0.5) is 0 Å². The maximum absolute atomic E-state index is 11.4. The predicted molar refractivity (Wildman–Crippen MR) is 52.1 cm³/mol. The van der Waals surface area contributed by atoms with Crippen LogP contribution in [0.25, 0.3) is 0 Å². The third-order valence-corrected chi connectivity index (χ3v) is 2.06. The first-order chi connectivity index (χ1) is 6.54. The smallest absolute Gasteiger partial charge is 0.313 e. The summed E-state index contributed by atoms with van der Waals surface area (Å²) in [6, 6.07) is 1.67. The summed E-state index contributed by atoms with van der Waals surface area (Å²) in [7, 11) is 1.24. The second-order valence-electron chi connectivity index (χ2n) is 2.74. The number of carbonyl (C=O) groups is 2. The first-order valence-corrected chi connectivity index (χ1v) is 4.70. The third kappa shape index (κ3) is 2.45. The topological polar surface area (TPSA) is 56.5 Å². The van der Waals surface area contributed by atoms with E-state index in [1.54, 1.807) is 13.0 Å². The van der Waals surface area contributed by atoms with Crippen molar-refractivity contribution in [2.75, 3.05) is 7.11 Å². The Morgan fingerprint density at radius 2 is 2.21 bits per heavy atom. The van der Waals surface area contributed by atoms with Gasteiger partial charge in [-0.25, -0.2) is 0 Å². The van der Waals surface area contributed by atoms with E-state index in [0.717, 1.165) is 0 Å². The lowest BCUT2D eigenvalue weighted by molar-refractivity contribution is -0.139.